The van der Waals surface area contributed by atoms with Gasteiger partial charge in [-0.2, -0.15) is 0 Å². The predicted octanol–water partition coefficient (Wildman–Crippen LogP) is 5.44. The molecule has 0 radical (unpaired) electrons. The van der Waals surface area contributed by atoms with Gasteiger partial charge in [-0.25, -0.2) is 0 Å². The summed E-state index contributed by atoms with van der Waals surface area (Å²) in [4.78, 5) is 43.7. The molecule has 0 aromatic heterocycles. The number of hydrogen-bond acceptors (Lipinski definition) is 6. The van der Waals surface area contributed by atoms with Crippen LogP contribution in [0.4, 0.5) is 5.69 Å². The van der Waals surface area contributed by atoms with E-state index >= 15 is 0 Å². The number of nitrogens with zero attached hydrogens (tertiary/aromatic N) is 2. The Labute approximate surface area is 272 Å². The van der Waals surface area contributed by atoms with Crippen LogP contribution >= 0.6 is 0 Å². The Morgan fingerprint density at radius 3 is 2.41 bits per heavy atom. The molecule has 0 aliphatic carbocycles. The summed E-state index contributed by atoms with van der Waals surface area (Å²) in [6.45, 7) is 6.70. The molecule has 9 nitrogen and oxygen atoms in total. The van der Waals surface area contributed by atoms with Crippen molar-refractivity contribution >= 4 is 23.4 Å². The molecule has 1 heterocycles. The van der Waals surface area contributed by atoms with Crippen molar-refractivity contribution in [3.05, 3.63) is 95.6 Å². The zero-order chi connectivity index (χ0) is 33.1. The first-order chi connectivity index (χ1) is 22.2. The molecular weight excluding hydrogens is 582 g/mol. The highest BCUT2D eigenvalue weighted by Gasteiger charge is 2.31. The van der Waals surface area contributed by atoms with E-state index in [-0.39, 0.29) is 49.0 Å². The number of benzene rings is 3. The first-order valence-electron chi connectivity index (χ1n) is 16.1. The van der Waals surface area contributed by atoms with Crippen LogP contribution in [0.2, 0.25) is 0 Å². The van der Waals surface area contributed by atoms with Crippen molar-refractivity contribution in [3.8, 4) is 5.75 Å². The average Bonchev–Trinajstić information content (AvgIpc) is 3.06. The smallest absolute Gasteiger partial charge is 0.258 e. The normalized spacial score (nSPS) is 20.1. The minimum absolute atomic E-state index is 0.0111. The molecule has 0 bridgehead atoms. The van der Waals surface area contributed by atoms with Crippen molar-refractivity contribution in [1.82, 2.24) is 9.80 Å². The zero-order valence-corrected chi connectivity index (χ0v) is 27.4. The molecule has 2 N–H and O–H groups in total. The minimum Gasteiger partial charge on any atom is -0.490 e. The number of hydrogen-bond donors (Lipinski definition) is 2. The summed E-state index contributed by atoms with van der Waals surface area (Å²) in [7, 11) is 1.78. The predicted molar refractivity (Wildman–Crippen MR) is 179 cm³/mol. The molecule has 0 saturated carbocycles. The van der Waals surface area contributed by atoms with E-state index < -0.39 is 6.04 Å². The van der Waals surface area contributed by atoms with Crippen molar-refractivity contribution in [2.45, 2.75) is 64.7 Å². The van der Waals surface area contributed by atoms with Gasteiger partial charge in [-0.3, -0.25) is 14.4 Å². The van der Waals surface area contributed by atoms with Crippen LogP contribution in [0, 0.1) is 5.92 Å². The van der Waals surface area contributed by atoms with Gasteiger partial charge in [0.25, 0.3) is 11.8 Å². The molecule has 0 saturated heterocycles. The van der Waals surface area contributed by atoms with Gasteiger partial charge in [0.15, 0.2) is 0 Å². The fourth-order valence-corrected chi connectivity index (χ4v) is 5.53. The maximum absolute atomic E-state index is 14.3. The molecule has 9 heteroatoms. The number of aliphatic hydroxyl groups is 1. The van der Waals surface area contributed by atoms with E-state index in [2.05, 4.69) is 5.32 Å². The number of rotatable bonds is 8. The number of nitrogens with one attached hydrogen (secondary N) is 1. The highest BCUT2D eigenvalue weighted by molar-refractivity contribution is 6.05. The second-order valence-corrected chi connectivity index (χ2v) is 12.3. The molecule has 0 unspecified atom stereocenters. The topological polar surface area (TPSA) is 108 Å². The van der Waals surface area contributed by atoms with Crippen LogP contribution in [-0.2, 0) is 16.0 Å². The van der Waals surface area contributed by atoms with Crippen LogP contribution in [0.15, 0.2) is 78.9 Å². The summed E-state index contributed by atoms with van der Waals surface area (Å²) < 4.78 is 12.7. The van der Waals surface area contributed by atoms with Gasteiger partial charge in [0.05, 0.1) is 36.8 Å². The van der Waals surface area contributed by atoms with Gasteiger partial charge in [0, 0.05) is 43.9 Å². The number of carbonyl (C=O) groups excluding carboxylic acids is 3. The van der Waals surface area contributed by atoms with Gasteiger partial charge in [-0.15, -0.1) is 0 Å². The van der Waals surface area contributed by atoms with Crippen molar-refractivity contribution in [3.63, 3.8) is 0 Å². The minimum atomic E-state index is -0.506. The molecule has 0 spiro atoms. The van der Waals surface area contributed by atoms with Gasteiger partial charge in [0.2, 0.25) is 5.91 Å². The van der Waals surface area contributed by atoms with E-state index in [1.165, 1.54) is 0 Å². The first kappa shape index (κ1) is 34.7. The number of amides is 3. The van der Waals surface area contributed by atoms with E-state index in [0.29, 0.717) is 42.1 Å². The molecule has 3 amide bonds. The Morgan fingerprint density at radius 1 is 1.02 bits per heavy atom. The summed E-state index contributed by atoms with van der Waals surface area (Å²) in [5, 5.41) is 13.1. The number of carbonyl (C=O) groups is 3. The third-order valence-electron chi connectivity index (χ3n) is 8.42. The van der Waals surface area contributed by atoms with Crippen LogP contribution in [0.3, 0.4) is 0 Å². The molecule has 3 aromatic carbocycles. The summed E-state index contributed by atoms with van der Waals surface area (Å²) in [5.74, 6) is -0.367. The van der Waals surface area contributed by atoms with Crippen LogP contribution in [-0.4, -0.2) is 84.2 Å². The Hall–Kier alpha value is -4.21. The van der Waals surface area contributed by atoms with E-state index in [4.69, 9.17) is 9.47 Å². The molecule has 246 valence electrons. The van der Waals surface area contributed by atoms with Gasteiger partial charge in [-0.1, -0.05) is 55.5 Å². The summed E-state index contributed by atoms with van der Waals surface area (Å²) >= 11 is 0. The number of aliphatic hydroxyl groups excluding tert-OH is 1. The fourth-order valence-electron chi connectivity index (χ4n) is 5.53. The van der Waals surface area contributed by atoms with Crippen molar-refractivity contribution in [1.29, 1.82) is 0 Å². The first-order valence-corrected chi connectivity index (χ1v) is 16.1. The third-order valence-corrected chi connectivity index (χ3v) is 8.42. The second-order valence-electron chi connectivity index (χ2n) is 12.3. The Bertz CT molecular complexity index is 1430. The number of likely N-dealkylation sites (N-methyl/N-ethyl adjacent to an activating group) is 1. The maximum atomic E-state index is 14.3. The van der Waals surface area contributed by atoms with E-state index in [9.17, 15) is 19.5 Å². The molecule has 4 rings (SSSR count). The van der Waals surface area contributed by atoms with E-state index in [0.717, 1.165) is 24.8 Å². The lowest BCUT2D eigenvalue weighted by Crippen LogP contribution is -2.48. The molecule has 1 aliphatic heterocycles. The SMILES string of the molecule is C[C@@H]1CN([C@@H](C)CO)C(=O)c2cc(NC(=O)c3ccccc3)ccc2O[C@@H](C)CCCCO[C@@H]1CN(C)C(=O)Cc1ccccc1. The Balaban J connectivity index is 1.60. The van der Waals surface area contributed by atoms with Gasteiger partial charge >= 0.3 is 0 Å². The largest absolute Gasteiger partial charge is 0.490 e. The second kappa shape index (κ2) is 16.9. The quantitative estimate of drug-likeness (QED) is 0.344. The highest BCUT2D eigenvalue weighted by Crippen LogP contribution is 2.29. The van der Waals surface area contributed by atoms with Crippen LogP contribution in [0.1, 0.15) is 66.3 Å². The standard InChI is InChI=1S/C37H47N3O6/c1-26-23-40(27(2)25-41)37(44)32-22-31(38-36(43)30-16-9-6-10-17-30)18-19-33(32)46-28(3)13-11-12-20-45-34(26)24-39(4)35(42)21-29-14-7-5-8-15-29/h5-10,14-19,22,26-28,34,41H,11-13,20-21,23-25H2,1-4H3,(H,38,43)/t26-,27+,28+,34-/m1/s1. The molecule has 3 aromatic rings. The Kier molecular flexibility index (Phi) is 12.7. The highest BCUT2D eigenvalue weighted by atomic mass is 16.5. The van der Waals surface area contributed by atoms with Crippen molar-refractivity contribution < 1.29 is 29.0 Å². The summed E-state index contributed by atoms with van der Waals surface area (Å²) in [5.41, 5.74) is 2.21. The molecule has 1 aliphatic rings. The number of ether oxygens (including phenoxy) is 2. The number of anilines is 1. The van der Waals surface area contributed by atoms with E-state index in [1.54, 1.807) is 66.2 Å². The lowest BCUT2D eigenvalue weighted by Gasteiger charge is -2.36. The van der Waals surface area contributed by atoms with Crippen LogP contribution in [0.5, 0.6) is 5.75 Å². The summed E-state index contributed by atoms with van der Waals surface area (Å²) in [6, 6.07) is 23.1. The van der Waals surface area contributed by atoms with E-state index in [1.807, 2.05) is 50.2 Å². The van der Waals surface area contributed by atoms with Crippen LogP contribution < -0.4 is 10.1 Å². The zero-order valence-electron chi connectivity index (χ0n) is 27.4. The van der Waals surface area contributed by atoms with Gasteiger partial charge < -0.3 is 29.7 Å². The molecular formula is C37H47N3O6. The molecule has 46 heavy (non-hydrogen) atoms. The number of fused-ring (bicyclic) bond motifs is 1. The van der Waals surface area contributed by atoms with Gasteiger partial charge in [0.1, 0.15) is 5.75 Å². The maximum Gasteiger partial charge on any atom is 0.258 e. The Morgan fingerprint density at radius 2 is 1.72 bits per heavy atom. The average molecular weight is 630 g/mol. The lowest BCUT2D eigenvalue weighted by atomic mass is 10.0. The van der Waals surface area contributed by atoms with Crippen molar-refractivity contribution in [2.24, 2.45) is 5.92 Å². The molecule has 4 atom stereocenters. The fraction of sp³-hybridized carbons (Fsp3) is 0.432. The molecule has 0 fully saturated rings. The monoisotopic (exact) mass is 629 g/mol. The van der Waals surface area contributed by atoms with Crippen molar-refractivity contribution in [2.75, 3.05) is 38.7 Å². The van der Waals surface area contributed by atoms with Crippen LogP contribution in [0.25, 0.3) is 0 Å². The van der Waals surface area contributed by atoms with Gasteiger partial charge in [-0.05, 0) is 69.0 Å². The summed E-state index contributed by atoms with van der Waals surface area (Å²) in [6.07, 6.45) is 2.25. The lowest BCUT2D eigenvalue weighted by molar-refractivity contribution is -0.131. The third kappa shape index (κ3) is 9.64.